The van der Waals surface area contributed by atoms with Gasteiger partial charge in [-0.1, -0.05) is 57.4 Å². The smallest absolute Gasteiger partial charge is 0.310 e. The number of aliphatic carboxylic acids is 1. The molecule has 1 aliphatic heterocycles. The highest BCUT2D eigenvalue weighted by molar-refractivity contribution is 5.78. The Kier molecular flexibility index (Phi) is 7.23. The van der Waals surface area contributed by atoms with Gasteiger partial charge in [0.25, 0.3) is 0 Å². The molecule has 6 rings (SSSR count). The van der Waals surface area contributed by atoms with E-state index >= 15 is 0 Å². The lowest BCUT2D eigenvalue weighted by Crippen LogP contribution is -2.65. The average Bonchev–Trinajstić information content (AvgIpc) is 2.92. The largest absolute Gasteiger partial charge is 0.481 e. The first-order chi connectivity index (χ1) is 19.5. The van der Waals surface area contributed by atoms with E-state index in [1.807, 2.05) is 0 Å². The lowest BCUT2D eigenvalue weighted by Gasteiger charge is -2.71. The van der Waals surface area contributed by atoms with Crippen LogP contribution in [-0.2, 0) is 14.3 Å². The van der Waals surface area contributed by atoms with Gasteiger partial charge in [0, 0.05) is 5.92 Å². The Hall–Kier alpha value is -1.25. The van der Waals surface area contributed by atoms with Crippen molar-refractivity contribution in [2.24, 2.45) is 44.8 Å². The first-order valence-electron chi connectivity index (χ1n) is 16.5. The van der Waals surface area contributed by atoms with Crippen LogP contribution in [0.4, 0.5) is 0 Å². The van der Waals surface area contributed by atoms with E-state index in [4.69, 9.17) is 9.47 Å². The summed E-state index contributed by atoms with van der Waals surface area (Å²) in [6, 6.07) is 0. The van der Waals surface area contributed by atoms with Crippen molar-refractivity contribution in [3.63, 3.8) is 0 Å². The zero-order chi connectivity index (χ0) is 30.6. The average molecular weight is 587 g/mol. The summed E-state index contributed by atoms with van der Waals surface area (Å²) >= 11 is 0. The molecule has 5 aliphatic carbocycles. The number of carboxylic acids is 1. The SMILES string of the molecule is CC1=C(C)[C@H]2C3=CC[C@H]4[C@@]5(C)CC[C@H](O[C@@H]6OC[C@H](O)[C@H](O)[C@H]6O)C(C)(C)[C@H]5CC[C@@]4(C)[C@]3(C)CC[C@@]2(C(=O)O)CC1. The zero-order valence-corrected chi connectivity index (χ0v) is 26.8. The number of aliphatic hydroxyl groups excluding tert-OH is 3. The fourth-order valence-corrected chi connectivity index (χ4v) is 11.7. The monoisotopic (exact) mass is 586 g/mol. The van der Waals surface area contributed by atoms with Crippen LogP contribution in [0.5, 0.6) is 0 Å². The van der Waals surface area contributed by atoms with Gasteiger partial charge in [-0.15, -0.1) is 0 Å². The maximum atomic E-state index is 12.9. The summed E-state index contributed by atoms with van der Waals surface area (Å²) in [5.74, 6) is 0.288. The van der Waals surface area contributed by atoms with Crippen molar-refractivity contribution >= 4 is 5.97 Å². The molecule has 0 amide bonds. The van der Waals surface area contributed by atoms with Gasteiger partial charge in [-0.3, -0.25) is 4.79 Å². The minimum Gasteiger partial charge on any atom is -0.481 e. The second-order valence-electron chi connectivity index (χ2n) is 16.4. The lowest BCUT2D eigenvalue weighted by molar-refractivity contribution is -0.308. The second-order valence-corrected chi connectivity index (χ2v) is 16.4. The number of rotatable bonds is 3. The Morgan fingerprint density at radius 1 is 0.929 bits per heavy atom. The van der Waals surface area contributed by atoms with Crippen molar-refractivity contribution in [1.29, 1.82) is 0 Å². The number of fused-ring (bicyclic) bond motifs is 7. The summed E-state index contributed by atoms with van der Waals surface area (Å²) in [7, 11) is 0. The Morgan fingerprint density at radius 2 is 1.64 bits per heavy atom. The Labute approximate surface area is 251 Å². The maximum Gasteiger partial charge on any atom is 0.310 e. The van der Waals surface area contributed by atoms with Crippen LogP contribution in [0, 0.1) is 44.8 Å². The van der Waals surface area contributed by atoms with E-state index in [-0.39, 0.29) is 40.3 Å². The van der Waals surface area contributed by atoms with Crippen molar-refractivity contribution in [3.05, 3.63) is 22.8 Å². The third kappa shape index (κ3) is 3.92. The predicted octanol–water partition coefficient (Wildman–Crippen LogP) is 5.62. The van der Waals surface area contributed by atoms with Gasteiger partial charge in [-0.2, -0.15) is 0 Å². The van der Waals surface area contributed by atoms with Gasteiger partial charge in [0.15, 0.2) is 6.29 Å². The summed E-state index contributed by atoms with van der Waals surface area (Å²) < 4.78 is 12.1. The van der Waals surface area contributed by atoms with Crippen LogP contribution >= 0.6 is 0 Å². The lowest BCUT2D eigenvalue weighted by atomic mass is 9.34. The third-order valence-corrected chi connectivity index (χ3v) is 14.6. The Balaban J connectivity index is 1.32. The number of hydrogen-bond acceptors (Lipinski definition) is 6. The van der Waals surface area contributed by atoms with Crippen molar-refractivity contribution in [2.75, 3.05) is 6.61 Å². The van der Waals surface area contributed by atoms with Crippen molar-refractivity contribution < 1.29 is 34.7 Å². The van der Waals surface area contributed by atoms with Gasteiger partial charge in [0.2, 0.25) is 0 Å². The van der Waals surface area contributed by atoms with Crippen molar-refractivity contribution in [1.82, 2.24) is 0 Å². The van der Waals surface area contributed by atoms with Crippen LogP contribution in [0.2, 0.25) is 0 Å². The minimum atomic E-state index is -1.28. The molecule has 1 heterocycles. The Bertz CT molecular complexity index is 1190. The first-order valence-corrected chi connectivity index (χ1v) is 16.5. The molecular weight excluding hydrogens is 532 g/mol. The topological polar surface area (TPSA) is 116 Å². The number of carboxylic acid groups (broad SMARTS) is 1. The number of ether oxygens (including phenoxy) is 2. The predicted molar refractivity (Wildman–Crippen MR) is 159 cm³/mol. The molecule has 0 bridgehead atoms. The summed E-state index contributed by atoms with van der Waals surface area (Å²) in [5.41, 5.74) is 3.36. The van der Waals surface area contributed by atoms with E-state index in [0.717, 1.165) is 57.8 Å². The quantitative estimate of drug-likeness (QED) is 0.251. The van der Waals surface area contributed by atoms with Crippen LogP contribution in [0.15, 0.2) is 22.8 Å². The van der Waals surface area contributed by atoms with Crippen molar-refractivity contribution in [3.8, 4) is 0 Å². The standard InChI is InChI=1S/C35H54O7/c1-19-10-15-35(30(39)40)17-16-33(6)21(26(35)20(19)2)8-9-24-32(5)13-12-25(31(3,4)23(32)11-14-34(24,33)7)42-29-28(38)27(37)22(36)18-41-29/h8,22-29,36-38H,9-18H2,1-7H3,(H,39,40)/t22-,23+,24-,25-,26-,27-,28+,29-,32-,33+,34+,35-/m0/s1. The molecule has 0 aromatic rings. The first kappa shape index (κ1) is 30.8. The van der Waals surface area contributed by atoms with Crippen LogP contribution in [-0.4, -0.2) is 63.7 Å². The van der Waals surface area contributed by atoms with E-state index < -0.39 is 36.0 Å². The van der Waals surface area contributed by atoms with Crippen LogP contribution in [0.3, 0.4) is 0 Å². The highest BCUT2D eigenvalue weighted by Gasteiger charge is 2.69. The van der Waals surface area contributed by atoms with E-state index in [9.17, 15) is 25.2 Å². The summed E-state index contributed by atoms with van der Waals surface area (Å²) in [5, 5.41) is 41.3. The molecule has 236 valence electrons. The molecule has 3 saturated carbocycles. The van der Waals surface area contributed by atoms with Crippen molar-refractivity contribution in [2.45, 2.75) is 137 Å². The van der Waals surface area contributed by atoms with Gasteiger partial charge >= 0.3 is 5.97 Å². The summed E-state index contributed by atoms with van der Waals surface area (Å²) in [4.78, 5) is 12.9. The molecule has 0 unspecified atom stereocenters. The molecule has 0 aromatic heterocycles. The molecule has 7 heteroatoms. The van der Waals surface area contributed by atoms with E-state index in [0.29, 0.717) is 11.8 Å². The summed E-state index contributed by atoms with van der Waals surface area (Å²) in [6.07, 6.45) is 6.10. The normalized spacial score (nSPS) is 51.9. The molecular formula is C35H54O7. The molecule has 4 N–H and O–H groups in total. The molecule has 7 nitrogen and oxygen atoms in total. The van der Waals surface area contributed by atoms with Gasteiger partial charge in [-0.05, 0) is 105 Å². The van der Waals surface area contributed by atoms with E-state index in [1.54, 1.807) is 0 Å². The minimum absolute atomic E-state index is 0.00201. The summed E-state index contributed by atoms with van der Waals surface area (Å²) in [6.45, 7) is 16.5. The Morgan fingerprint density at radius 3 is 2.33 bits per heavy atom. The van der Waals surface area contributed by atoms with Crippen LogP contribution in [0.25, 0.3) is 0 Å². The number of aliphatic hydroxyl groups is 3. The molecule has 0 aromatic carbocycles. The third-order valence-electron chi connectivity index (χ3n) is 14.6. The fraction of sp³-hybridized carbons (Fsp3) is 0.857. The number of allylic oxidation sites excluding steroid dienone is 4. The maximum absolute atomic E-state index is 12.9. The molecule has 12 atom stereocenters. The highest BCUT2D eigenvalue weighted by Crippen LogP contribution is 2.75. The molecule has 0 spiro atoms. The molecule has 42 heavy (non-hydrogen) atoms. The molecule has 4 fully saturated rings. The number of carbonyl (C=O) groups is 1. The molecule has 0 radical (unpaired) electrons. The van der Waals surface area contributed by atoms with E-state index in [1.165, 1.54) is 16.7 Å². The van der Waals surface area contributed by atoms with Gasteiger partial charge < -0.3 is 29.9 Å². The van der Waals surface area contributed by atoms with E-state index in [2.05, 4.69) is 54.5 Å². The van der Waals surface area contributed by atoms with Gasteiger partial charge in [0.05, 0.1) is 18.1 Å². The number of hydrogen-bond donors (Lipinski definition) is 4. The highest BCUT2D eigenvalue weighted by atomic mass is 16.7. The van der Waals surface area contributed by atoms with Crippen LogP contribution in [0.1, 0.15) is 106 Å². The van der Waals surface area contributed by atoms with Crippen LogP contribution < -0.4 is 0 Å². The van der Waals surface area contributed by atoms with Gasteiger partial charge in [0.1, 0.15) is 18.3 Å². The molecule has 6 aliphatic rings. The fourth-order valence-electron chi connectivity index (χ4n) is 11.7. The second kappa shape index (κ2) is 9.87. The zero-order valence-electron chi connectivity index (χ0n) is 26.8. The van der Waals surface area contributed by atoms with Gasteiger partial charge in [-0.25, -0.2) is 0 Å². The molecule has 1 saturated heterocycles.